The highest BCUT2D eigenvalue weighted by molar-refractivity contribution is 5.62. The van der Waals surface area contributed by atoms with Crippen LogP contribution >= 0.6 is 0 Å². The molecule has 0 spiro atoms. The van der Waals surface area contributed by atoms with E-state index in [1.54, 1.807) is 24.5 Å². The molecule has 0 saturated carbocycles. The number of benzene rings is 1. The minimum atomic E-state index is -0.222. The molecule has 3 rings (SSSR count). The van der Waals surface area contributed by atoms with Gasteiger partial charge in [-0.1, -0.05) is 0 Å². The zero-order valence-electron chi connectivity index (χ0n) is 9.62. The summed E-state index contributed by atoms with van der Waals surface area (Å²) in [6, 6.07) is 14.4. The molecule has 0 atom stereocenters. The Hall–Kier alpha value is -2.42. The van der Waals surface area contributed by atoms with E-state index in [0.29, 0.717) is 0 Å². The maximum Gasteiger partial charge on any atom is 0.123 e. The smallest absolute Gasteiger partial charge is 0.123 e. The van der Waals surface area contributed by atoms with Crippen LogP contribution in [0.5, 0.6) is 0 Å². The van der Waals surface area contributed by atoms with Crippen molar-refractivity contribution in [2.75, 3.05) is 0 Å². The van der Waals surface area contributed by atoms with E-state index in [-0.39, 0.29) is 5.82 Å². The molecule has 0 radical (unpaired) electrons. The quantitative estimate of drug-likeness (QED) is 0.666. The highest BCUT2D eigenvalue weighted by atomic mass is 19.1. The Morgan fingerprint density at radius 1 is 0.889 bits per heavy atom. The predicted octanol–water partition coefficient (Wildman–Crippen LogP) is 3.68. The van der Waals surface area contributed by atoms with Gasteiger partial charge in [-0.25, -0.2) is 4.39 Å². The van der Waals surface area contributed by atoms with Gasteiger partial charge in [-0.05, 0) is 54.1 Å². The standard InChI is InChI=1S/C15H11FN2/c16-13-5-3-12(4-6-13)15-2-1-11-18(15)14-7-9-17-10-8-14/h1-11H. The summed E-state index contributed by atoms with van der Waals surface area (Å²) >= 11 is 0. The van der Waals surface area contributed by atoms with Crippen molar-refractivity contribution in [3.05, 3.63) is 72.9 Å². The third-order valence-corrected chi connectivity index (χ3v) is 2.83. The fourth-order valence-corrected chi connectivity index (χ4v) is 1.97. The summed E-state index contributed by atoms with van der Waals surface area (Å²) in [6.07, 6.45) is 5.49. The third-order valence-electron chi connectivity index (χ3n) is 2.83. The first-order valence-corrected chi connectivity index (χ1v) is 5.68. The molecule has 0 amide bonds. The van der Waals surface area contributed by atoms with E-state index in [2.05, 4.69) is 9.55 Å². The number of halogens is 1. The van der Waals surface area contributed by atoms with Crippen molar-refractivity contribution in [2.24, 2.45) is 0 Å². The largest absolute Gasteiger partial charge is 0.316 e. The number of nitrogens with zero attached hydrogens (tertiary/aromatic N) is 2. The molecule has 1 aromatic carbocycles. The molecule has 0 aliphatic heterocycles. The summed E-state index contributed by atoms with van der Waals surface area (Å²) in [5, 5.41) is 0. The minimum Gasteiger partial charge on any atom is -0.316 e. The van der Waals surface area contributed by atoms with E-state index < -0.39 is 0 Å². The Bertz CT molecular complexity index is 642. The van der Waals surface area contributed by atoms with Crippen molar-refractivity contribution in [3.63, 3.8) is 0 Å². The molecular formula is C15H11FN2. The maximum absolute atomic E-state index is 12.9. The van der Waals surface area contributed by atoms with Gasteiger partial charge in [0.15, 0.2) is 0 Å². The molecule has 3 heteroatoms. The summed E-state index contributed by atoms with van der Waals surface area (Å²) in [5.74, 6) is -0.222. The summed E-state index contributed by atoms with van der Waals surface area (Å²) in [4.78, 5) is 4.01. The van der Waals surface area contributed by atoms with Gasteiger partial charge in [-0.15, -0.1) is 0 Å². The van der Waals surface area contributed by atoms with Gasteiger partial charge >= 0.3 is 0 Å². The van der Waals surface area contributed by atoms with Gasteiger partial charge < -0.3 is 4.57 Å². The van der Waals surface area contributed by atoms with Crippen LogP contribution < -0.4 is 0 Å². The highest BCUT2D eigenvalue weighted by Crippen LogP contribution is 2.23. The molecule has 18 heavy (non-hydrogen) atoms. The fraction of sp³-hybridized carbons (Fsp3) is 0. The van der Waals surface area contributed by atoms with E-state index >= 15 is 0 Å². The molecule has 0 aliphatic rings. The molecule has 0 saturated heterocycles. The second kappa shape index (κ2) is 4.45. The minimum absolute atomic E-state index is 0.222. The van der Waals surface area contributed by atoms with Crippen molar-refractivity contribution in [2.45, 2.75) is 0 Å². The van der Waals surface area contributed by atoms with Crippen LogP contribution in [0.25, 0.3) is 16.9 Å². The second-order valence-corrected chi connectivity index (χ2v) is 3.98. The van der Waals surface area contributed by atoms with Gasteiger partial charge in [0.2, 0.25) is 0 Å². The molecule has 3 aromatic rings. The van der Waals surface area contributed by atoms with E-state index in [1.807, 2.05) is 30.5 Å². The number of rotatable bonds is 2. The summed E-state index contributed by atoms with van der Waals surface area (Å²) in [6.45, 7) is 0. The van der Waals surface area contributed by atoms with Crippen LogP contribution in [0.4, 0.5) is 4.39 Å². The number of hydrogen-bond acceptors (Lipinski definition) is 1. The average molecular weight is 238 g/mol. The summed E-state index contributed by atoms with van der Waals surface area (Å²) < 4.78 is 15.0. The monoisotopic (exact) mass is 238 g/mol. The van der Waals surface area contributed by atoms with Crippen molar-refractivity contribution in [3.8, 4) is 16.9 Å². The molecule has 0 bridgehead atoms. The maximum atomic E-state index is 12.9. The van der Waals surface area contributed by atoms with Crippen LogP contribution in [0.1, 0.15) is 0 Å². The highest BCUT2D eigenvalue weighted by Gasteiger charge is 2.05. The Labute approximate surface area is 104 Å². The van der Waals surface area contributed by atoms with Crippen LogP contribution in [0, 0.1) is 5.82 Å². The summed E-state index contributed by atoms with van der Waals surface area (Å²) in [7, 11) is 0. The number of hydrogen-bond donors (Lipinski definition) is 0. The predicted molar refractivity (Wildman–Crippen MR) is 69.0 cm³/mol. The Kier molecular flexibility index (Phi) is 2.65. The zero-order chi connectivity index (χ0) is 12.4. The molecular weight excluding hydrogens is 227 g/mol. The van der Waals surface area contributed by atoms with Crippen molar-refractivity contribution in [1.29, 1.82) is 0 Å². The molecule has 2 heterocycles. The molecule has 0 aliphatic carbocycles. The molecule has 2 nitrogen and oxygen atoms in total. The average Bonchev–Trinajstić information content (AvgIpc) is 2.90. The van der Waals surface area contributed by atoms with Crippen molar-refractivity contribution >= 4 is 0 Å². The first kappa shape index (κ1) is 10.7. The number of aromatic nitrogens is 2. The molecule has 0 unspecified atom stereocenters. The van der Waals surface area contributed by atoms with Crippen LogP contribution in [-0.2, 0) is 0 Å². The van der Waals surface area contributed by atoms with Crippen LogP contribution in [0.3, 0.4) is 0 Å². The lowest BCUT2D eigenvalue weighted by molar-refractivity contribution is 0.628. The molecule has 0 fully saturated rings. The van der Waals surface area contributed by atoms with Crippen molar-refractivity contribution < 1.29 is 4.39 Å². The van der Waals surface area contributed by atoms with E-state index in [0.717, 1.165) is 16.9 Å². The van der Waals surface area contributed by atoms with Crippen LogP contribution in [-0.4, -0.2) is 9.55 Å². The molecule has 0 N–H and O–H groups in total. The molecule has 2 aromatic heterocycles. The Morgan fingerprint density at radius 3 is 2.33 bits per heavy atom. The lowest BCUT2D eigenvalue weighted by Crippen LogP contribution is -1.94. The summed E-state index contributed by atoms with van der Waals surface area (Å²) in [5.41, 5.74) is 3.05. The van der Waals surface area contributed by atoms with E-state index in [1.165, 1.54) is 12.1 Å². The molecule has 88 valence electrons. The first-order chi connectivity index (χ1) is 8.84. The lowest BCUT2D eigenvalue weighted by Gasteiger charge is -2.09. The van der Waals surface area contributed by atoms with Gasteiger partial charge in [0.25, 0.3) is 0 Å². The van der Waals surface area contributed by atoms with Gasteiger partial charge in [-0.2, -0.15) is 0 Å². The van der Waals surface area contributed by atoms with E-state index in [4.69, 9.17) is 0 Å². The van der Waals surface area contributed by atoms with Gasteiger partial charge in [0, 0.05) is 24.3 Å². The first-order valence-electron chi connectivity index (χ1n) is 5.68. The SMILES string of the molecule is Fc1ccc(-c2cccn2-c2ccncc2)cc1. The second-order valence-electron chi connectivity index (χ2n) is 3.98. The lowest BCUT2D eigenvalue weighted by atomic mass is 10.1. The van der Waals surface area contributed by atoms with E-state index in [9.17, 15) is 4.39 Å². The third kappa shape index (κ3) is 1.91. The van der Waals surface area contributed by atoms with Gasteiger partial charge in [-0.3, -0.25) is 4.98 Å². The van der Waals surface area contributed by atoms with Crippen molar-refractivity contribution in [1.82, 2.24) is 9.55 Å². The van der Waals surface area contributed by atoms with Crippen LogP contribution in [0.15, 0.2) is 67.1 Å². The van der Waals surface area contributed by atoms with Gasteiger partial charge in [0.1, 0.15) is 5.82 Å². The zero-order valence-corrected chi connectivity index (χ0v) is 9.62. The normalized spacial score (nSPS) is 10.5. The topological polar surface area (TPSA) is 17.8 Å². The Balaban J connectivity index is 2.10. The van der Waals surface area contributed by atoms with Gasteiger partial charge in [0.05, 0.1) is 5.69 Å². The Morgan fingerprint density at radius 2 is 1.61 bits per heavy atom. The number of pyridine rings is 1. The fourth-order valence-electron chi connectivity index (χ4n) is 1.97. The van der Waals surface area contributed by atoms with Crippen LogP contribution in [0.2, 0.25) is 0 Å².